The number of nitrogens with zero attached hydrogens (tertiary/aromatic N) is 1. The number of carboxylic acid groups (broad SMARTS) is 1. The van der Waals surface area contributed by atoms with Gasteiger partial charge in [0.25, 0.3) is 0 Å². The van der Waals surface area contributed by atoms with Gasteiger partial charge in [-0.05, 0) is 0 Å². The van der Waals surface area contributed by atoms with Crippen LogP contribution in [0.4, 0.5) is 0 Å². The van der Waals surface area contributed by atoms with Crippen molar-refractivity contribution in [3.8, 4) is 0 Å². The first-order chi connectivity index (χ1) is 4.61. The number of aliphatic carboxylic acids is 1. The minimum atomic E-state index is -0.877. The maximum atomic E-state index is 10.8. The predicted molar refractivity (Wildman–Crippen MR) is 40.6 cm³/mol. The fourth-order valence-electron chi connectivity index (χ4n) is 1.03. The molecule has 0 bridgehead atoms. The van der Waals surface area contributed by atoms with Crippen LogP contribution in [0.1, 0.15) is 6.42 Å². The molecular weight excluding hydrogens is 170 g/mol. The van der Waals surface area contributed by atoms with Gasteiger partial charge in [0, 0.05) is 20.0 Å². The highest BCUT2D eigenvalue weighted by Crippen LogP contribution is 2.15. The lowest BCUT2D eigenvalue weighted by Gasteiger charge is -2.05. The van der Waals surface area contributed by atoms with Crippen LogP contribution in [0.2, 0.25) is 0 Å². The molecule has 1 fully saturated rings. The highest BCUT2D eigenvalue weighted by molar-refractivity contribution is 5.86. The first kappa shape index (κ1) is 10.2. The zero-order valence-electron chi connectivity index (χ0n) is 6.11. The van der Waals surface area contributed by atoms with Crippen molar-refractivity contribution in [2.45, 2.75) is 6.42 Å². The average Bonchev–Trinajstić information content (AvgIpc) is 2.13. The zero-order valence-corrected chi connectivity index (χ0v) is 6.93. The Balaban J connectivity index is 0.000001000. The molecule has 5 heteroatoms. The molecule has 0 aromatic carbocycles. The van der Waals surface area contributed by atoms with Crippen LogP contribution in [0.5, 0.6) is 0 Å². The first-order valence-corrected chi connectivity index (χ1v) is 3.08. The molecule has 1 unspecified atom stereocenters. The number of carbonyl (C=O) groups excluding carboxylic acids is 1. The summed E-state index contributed by atoms with van der Waals surface area (Å²) >= 11 is 0. The van der Waals surface area contributed by atoms with Gasteiger partial charge >= 0.3 is 5.97 Å². The van der Waals surface area contributed by atoms with Gasteiger partial charge in [0.2, 0.25) is 5.91 Å². The number of carbonyl (C=O) groups is 2. The molecule has 1 aliphatic rings. The van der Waals surface area contributed by atoms with Gasteiger partial charge < -0.3 is 10.0 Å². The summed E-state index contributed by atoms with van der Waals surface area (Å²) < 4.78 is 0. The van der Waals surface area contributed by atoms with Crippen LogP contribution in [-0.4, -0.2) is 35.5 Å². The fraction of sp³-hybridized carbons (Fsp3) is 0.667. The highest BCUT2D eigenvalue weighted by atomic mass is 35.5. The SMILES string of the molecule is CN1CC(C(=O)O)CC1=O.Cl. The summed E-state index contributed by atoms with van der Waals surface area (Å²) in [4.78, 5) is 22.5. The van der Waals surface area contributed by atoms with Crippen molar-refractivity contribution < 1.29 is 14.7 Å². The quantitative estimate of drug-likeness (QED) is 0.615. The second-order valence-electron chi connectivity index (χ2n) is 2.51. The van der Waals surface area contributed by atoms with Gasteiger partial charge in [-0.2, -0.15) is 0 Å². The van der Waals surface area contributed by atoms with Crippen LogP contribution < -0.4 is 0 Å². The third kappa shape index (κ3) is 2.08. The first-order valence-electron chi connectivity index (χ1n) is 3.08. The van der Waals surface area contributed by atoms with Crippen molar-refractivity contribution in [1.29, 1.82) is 0 Å². The maximum Gasteiger partial charge on any atom is 0.308 e. The molecule has 1 aliphatic heterocycles. The molecule has 0 radical (unpaired) electrons. The molecule has 0 aromatic rings. The second-order valence-corrected chi connectivity index (χ2v) is 2.51. The Morgan fingerprint density at radius 3 is 2.45 bits per heavy atom. The molecule has 0 aromatic heterocycles. The Bertz CT molecular complexity index is 183. The fourth-order valence-corrected chi connectivity index (χ4v) is 1.03. The molecular formula is C6H10ClNO3. The summed E-state index contributed by atoms with van der Waals surface area (Å²) in [5.74, 6) is -1.44. The lowest BCUT2D eigenvalue weighted by atomic mass is 10.1. The third-order valence-electron chi connectivity index (χ3n) is 1.69. The van der Waals surface area contributed by atoms with Crippen LogP contribution in [-0.2, 0) is 9.59 Å². The van der Waals surface area contributed by atoms with Gasteiger partial charge in [0.1, 0.15) is 0 Å². The van der Waals surface area contributed by atoms with E-state index in [0.29, 0.717) is 6.54 Å². The minimum absolute atomic E-state index is 0. The minimum Gasteiger partial charge on any atom is -0.481 e. The summed E-state index contributed by atoms with van der Waals surface area (Å²) in [6.45, 7) is 0.355. The number of carboxylic acids is 1. The van der Waals surface area contributed by atoms with Gasteiger partial charge in [-0.3, -0.25) is 9.59 Å². The van der Waals surface area contributed by atoms with Crippen molar-refractivity contribution in [3.05, 3.63) is 0 Å². The lowest BCUT2D eigenvalue weighted by Crippen LogP contribution is -2.20. The summed E-state index contributed by atoms with van der Waals surface area (Å²) in [5, 5.41) is 8.47. The summed E-state index contributed by atoms with van der Waals surface area (Å²) in [7, 11) is 1.62. The average molecular weight is 180 g/mol. The van der Waals surface area contributed by atoms with Gasteiger partial charge in [-0.1, -0.05) is 0 Å². The lowest BCUT2D eigenvalue weighted by molar-refractivity contribution is -0.141. The second kappa shape index (κ2) is 3.57. The van der Waals surface area contributed by atoms with E-state index in [1.54, 1.807) is 7.05 Å². The van der Waals surface area contributed by atoms with Crippen LogP contribution >= 0.6 is 12.4 Å². The van der Waals surface area contributed by atoms with Crippen molar-refractivity contribution in [2.24, 2.45) is 5.92 Å². The summed E-state index contributed by atoms with van der Waals surface area (Å²) in [6, 6.07) is 0. The molecule has 0 spiro atoms. The van der Waals surface area contributed by atoms with E-state index >= 15 is 0 Å². The number of amides is 1. The smallest absolute Gasteiger partial charge is 0.308 e. The number of likely N-dealkylation sites (tertiary alicyclic amines) is 1. The van der Waals surface area contributed by atoms with Crippen molar-refractivity contribution >= 4 is 24.3 Å². The number of hydrogen-bond donors (Lipinski definition) is 1. The van der Waals surface area contributed by atoms with E-state index in [2.05, 4.69) is 0 Å². The maximum absolute atomic E-state index is 10.8. The van der Waals surface area contributed by atoms with E-state index in [9.17, 15) is 9.59 Å². The molecule has 1 amide bonds. The summed E-state index contributed by atoms with van der Waals surface area (Å²) in [6.07, 6.45) is 0.159. The largest absolute Gasteiger partial charge is 0.481 e. The molecule has 0 saturated carbocycles. The van der Waals surface area contributed by atoms with Crippen LogP contribution in [0.25, 0.3) is 0 Å². The Labute approximate surface area is 70.6 Å². The molecule has 1 rings (SSSR count). The number of halogens is 1. The van der Waals surface area contributed by atoms with E-state index in [1.807, 2.05) is 0 Å². The normalized spacial score (nSPS) is 23.2. The predicted octanol–water partition coefficient (Wildman–Crippen LogP) is -0.0289. The van der Waals surface area contributed by atoms with E-state index in [0.717, 1.165) is 0 Å². The zero-order chi connectivity index (χ0) is 7.72. The topological polar surface area (TPSA) is 57.6 Å². The molecule has 11 heavy (non-hydrogen) atoms. The van der Waals surface area contributed by atoms with Crippen molar-refractivity contribution in [1.82, 2.24) is 4.90 Å². The highest BCUT2D eigenvalue weighted by Gasteiger charge is 2.31. The molecule has 4 nitrogen and oxygen atoms in total. The van der Waals surface area contributed by atoms with Crippen molar-refractivity contribution in [2.75, 3.05) is 13.6 Å². The Morgan fingerprint density at radius 1 is 1.73 bits per heavy atom. The number of hydrogen-bond acceptors (Lipinski definition) is 2. The monoisotopic (exact) mass is 179 g/mol. The molecule has 0 aliphatic carbocycles. The molecule has 1 saturated heterocycles. The van der Waals surface area contributed by atoms with Gasteiger partial charge in [0.05, 0.1) is 5.92 Å². The van der Waals surface area contributed by atoms with Crippen LogP contribution in [0.15, 0.2) is 0 Å². The van der Waals surface area contributed by atoms with Crippen LogP contribution in [0, 0.1) is 5.92 Å². The van der Waals surface area contributed by atoms with Crippen LogP contribution in [0.3, 0.4) is 0 Å². The molecule has 64 valence electrons. The molecule has 1 heterocycles. The van der Waals surface area contributed by atoms with E-state index < -0.39 is 11.9 Å². The Morgan fingerprint density at radius 2 is 2.27 bits per heavy atom. The number of rotatable bonds is 1. The third-order valence-corrected chi connectivity index (χ3v) is 1.69. The van der Waals surface area contributed by atoms with Gasteiger partial charge in [-0.15, -0.1) is 12.4 Å². The summed E-state index contributed by atoms with van der Waals surface area (Å²) in [5.41, 5.74) is 0. The van der Waals surface area contributed by atoms with E-state index in [1.165, 1.54) is 4.90 Å². The standard InChI is InChI=1S/C6H9NO3.ClH/c1-7-3-4(6(9)10)2-5(7)8;/h4H,2-3H2,1H3,(H,9,10);1H. The van der Waals surface area contributed by atoms with E-state index in [4.69, 9.17) is 5.11 Å². The van der Waals surface area contributed by atoms with Gasteiger partial charge in [0.15, 0.2) is 0 Å². The van der Waals surface area contributed by atoms with Gasteiger partial charge in [-0.25, -0.2) is 0 Å². The Kier molecular flexibility index (Phi) is 3.32. The van der Waals surface area contributed by atoms with Crippen molar-refractivity contribution in [3.63, 3.8) is 0 Å². The Hall–Kier alpha value is -0.770. The molecule has 1 N–H and O–H groups in total. The van der Waals surface area contributed by atoms with E-state index in [-0.39, 0.29) is 24.7 Å². The molecule has 1 atom stereocenters.